The second kappa shape index (κ2) is 10.7. The number of amides is 1. The Balaban J connectivity index is 1.20. The van der Waals surface area contributed by atoms with Crippen LogP contribution in [0.4, 0.5) is 4.79 Å². The smallest absolute Gasteiger partial charge is 0.410 e. The van der Waals surface area contributed by atoms with Gasteiger partial charge in [0.25, 0.3) is 0 Å². The Hall–Kier alpha value is -1.88. The summed E-state index contributed by atoms with van der Waals surface area (Å²) in [6.45, 7) is 10.4. The van der Waals surface area contributed by atoms with Crippen molar-refractivity contribution in [3.05, 3.63) is 35.9 Å². The molecule has 5 heteroatoms. The molecule has 6 rings (SSSR count). The Labute approximate surface area is 241 Å². The largest absolute Gasteiger partial charge is 0.445 e. The number of benzene rings is 1. The predicted molar refractivity (Wildman–Crippen MR) is 156 cm³/mol. The average molecular weight is 550 g/mol. The van der Waals surface area contributed by atoms with Gasteiger partial charge in [0.1, 0.15) is 12.4 Å². The Morgan fingerprint density at radius 2 is 1.77 bits per heavy atom. The maximum absolute atomic E-state index is 14.0. The number of ether oxygens (including phenoxy) is 1. The Morgan fingerprint density at radius 3 is 2.55 bits per heavy atom. The van der Waals surface area contributed by atoms with Crippen molar-refractivity contribution in [1.29, 1.82) is 0 Å². The van der Waals surface area contributed by atoms with Gasteiger partial charge in [0.05, 0.1) is 6.10 Å². The lowest BCUT2D eigenvalue weighted by Gasteiger charge is -2.61. The first-order valence-electron chi connectivity index (χ1n) is 16.3. The number of carbonyl (C=O) groups is 2. The molecule has 1 N–H and O–H groups in total. The highest BCUT2D eigenvalue weighted by molar-refractivity contribution is 5.85. The molecule has 0 bridgehead atoms. The maximum Gasteiger partial charge on any atom is 0.410 e. The zero-order valence-electron chi connectivity index (χ0n) is 25.2. The molecule has 1 saturated heterocycles. The summed E-state index contributed by atoms with van der Waals surface area (Å²) in [6.07, 6.45) is 10.2. The summed E-state index contributed by atoms with van der Waals surface area (Å²) in [5, 5.41) is 10.4. The van der Waals surface area contributed by atoms with Crippen LogP contribution < -0.4 is 0 Å². The van der Waals surface area contributed by atoms with E-state index in [4.69, 9.17) is 4.74 Å². The van der Waals surface area contributed by atoms with Crippen molar-refractivity contribution in [3.63, 3.8) is 0 Å². The molecular weight excluding hydrogens is 498 g/mol. The second-order valence-corrected chi connectivity index (χ2v) is 15.1. The van der Waals surface area contributed by atoms with Gasteiger partial charge in [-0.25, -0.2) is 4.79 Å². The first kappa shape index (κ1) is 28.2. The maximum atomic E-state index is 14.0. The van der Waals surface area contributed by atoms with Gasteiger partial charge in [-0.2, -0.15) is 0 Å². The Kier molecular flexibility index (Phi) is 7.59. The number of piperidine rings is 1. The summed E-state index contributed by atoms with van der Waals surface area (Å²) in [7, 11) is 0. The number of Topliss-reactive ketones (excluding diaryl/α,β-unsaturated/α-hetero) is 1. The van der Waals surface area contributed by atoms with Crippen LogP contribution in [-0.2, 0) is 16.1 Å². The molecule has 11 atom stereocenters. The van der Waals surface area contributed by atoms with E-state index in [9.17, 15) is 14.7 Å². The summed E-state index contributed by atoms with van der Waals surface area (Å²) >= 11 is 0. The zero-order chi connectivity index (χ0) is 28.2. The molecule has 1 heterocycles. The lowest BCUT2D eigenvalue weighted by molar-refractivity contribution is -0.135. The highest BCUT2D eigenvalue weighted by Gasteiger charge is 2.63. The number of fused-ring (bicyclic) bond motifs is 5. The molecule has 1 aliphatic heterocycles. The van der Waals surface area contributed by atoms with Crippen LogP contribution >= 0.6 is 0 Å². The van der Waals surface area contributed by atoms with Crippen molar-refractivity contribution in [3.8, 4) is 0 Å². The molecule has 5 nitrogen and oxygen atoms in total. The van der Waals surface area contributed by atoms with Crippen LogP contribution in [-0.4, -0.2) is 40.6 Å². The number of hydrogen-bond acceptors (Lipinski definition) is 4. The van der Waals surface area contributed by atoms with Crippen LogP contribution in [0.2, 0.25) is 0 Å². The van der Waals surface area contributed by atoms with Crippen molar-refractivity contribution in [2.45, 2.75) is 111 Å². The summed E-state index contributed by atoms with van der Waals surface area (Å²) in [4.78, 5) is 29.4. The molecule has 0 radical (unpaired) electrons. The average Bonchev–Trinajstić information content (AvgIpc) is 3.22. The summed E-state index contributed by atoms with van der Waals surface area (Å²) in [5.74, 6) is 3.42. The van der Waals surface area contributed by atoms with Crippen LogP contribution in [0.5, 0.6) is 0 Å². The van der Waals surface area contributed by atoms with E-state index >= 15 is 0 Å². The Morgan fingerprint density at radius 1 is 1.02 bits per heavy atom. The highest BCUT2D eigenvalue weighted by atomic mass is 16.6. The predicted octanol–water partition coefficient (Wildman–Crippen LogP) is 7.26. The van der Waals surface area contributed by atoms with Gasteiger partial charge in [0, 0.05) is 24.9 Å². The van der Waals surface area contributed by atoms with E-state index in [1.165, 1.54) is 19.3 Å². The molecule has 1 amide bonds. The molecule has 5 aliphatic rings. The standard InChI is InChI=1S/C35H51NO4/c1-22-10-13-30(36(20-22)33(39)40-21-24-8-6-5-7-9-24)23(2)32-31(38)19-29-27-12-11-25-18-26(37)14-16-34(25,3)28(27)15-17-35(29,32)4/h5-9,22-23,25-30,32,37H,10-21H2,1-4H3/t22?,23?,25?,26?,27-,28+,29+,30?,32+,34+,35+/m1/s1. The van der Waals surface area contributed by atoms with Gasteiger partial charge < -0.3 is 14.7 Å². The van der Waals surface area contributed by atoms with Crippen LogP contribution in [0.3, 0.4) is 0 Å². The highest BCUT2D eigenvalue weighted by Crippen LogP contribution is 2.68. The van der Waals surface area contributed by atoms with Crippen molar-refractivity contribution >= 4 is 11.9 Å². The molecule has 5 unspecified atom stereocenters. The van der Waals surface area contributed by atoms with E-state index in [0.717, 1.165) is 50.5 Å². The molecule has 1 aromatic carbocycles. The molecular formula is C35H51NO4. The number of nitrogens with zero attached hydrogens (tertiary/aromatic N) is 1. The first-order valence-corrected chi connectivity index (χ1v) is 16.3. The van der Waals surface area contributed by atoms with Gasteiger partial charge in [-0.3, -0.25) is 4.79 Å². The van der Waals surface area contributed by atoms with E-state index in [1.807, 2.05) is 35.2 Å². The van der Waals surface area contributed by atoms with Crippen molar-refractivity contribution in [1.82, 2.24) is 4.90 Å². The van der Waals surface area contributed by atoms with Gasteiger partial charge in [0.15, 0.2) is 0 Å². The van der Waals surface area contributed by atoms with Crippen LogP contribution in [0.25, 0.3) is 0 Å². The van der Waals surface area contributed by atoms with E-state index in [1.54, 1.807) is 0 Å². The third-order valence-corrected chi connectivity index (χ3v) is 13.0. The summed E-state index contributed by atoms with van der Waals surface area (Å²) < 4.78 is 5.84. The molecule has 220 valence electrons. The topological polar surface area (TPSA) is 66.8 Å². The minimum absolute atomic E-state index is 0.0116. The van der Waals surface area contributed by atoms with E-state index in [-0.39, 0.29) is 42.1 Å². The number of ketones is 1. The van der Waals surface area contributed by atoms with Gasteiger partial charge in [-0.1, -0.05) is 58.0 Å². The molecule has 0 spiro atoms. The number of hydrogen-bond donors (Lipinski definition) is 1. The fraction of sp³-hybridized carbons (Fsp3) is 0.771. The lowest BCUT2D eigenvalue weighted by Crippen LogP contribution is -2.56. The minimum atomic E-state index is -0.228. The van der Waals surface area contributed by atoms with Crippen molar-refractivity contribution < 1.29 is 19.4 Å². The molecule has 1 aromatic rings. The Bertz CT molecular complexity index is 1090. The zero-order valence-corrected chi connectivity index (χ0v) is 25.2. The van der Waals surface area contributed by atoms with E-state index in [0.29, 0.717) is 47.3 Å². The number of carbonyl (C=O) groups excluding carboxylic acids is 2. The van der Waals surface area contributed by atoms with E-state index in [2.05, 4.69) is 27.7 Å². The monoisotopic (exact) mass is 549 g/mol. The van der Waals surface area contributed by atoms with Gasteiger partial charge in [0.2, 0.25) is 0 Å². The first-order chi connectivity index (χ1) is 19.1. The van der Waals surface area contributed by atoms with Crippen molar-refractivity contribution in [2.24, 2.45) is 52.3 Å². The van der Waals surface area contributed by atoms with Crippen LogP contribution in [0.15, 0.2) is 30.3 Å². The van der Waals surface area contributed by atoms with Gasteiger partial charge in [-0.05, 0) is 110 Å². The van der Waals surface area contributed by atoms with Gasteiger partial charge in [-0.15, -0.1) is 0 Å². The lowest BCUT2D eigenvalue weighted by atomic mass is 9.44. The SMILES string of the molecule is CC1CCC(C(C)[C@H]2C(=O)C[C@H]3[C@@H]4CCC5CC(O)CC[C@]5(C)[C@H]4CC[C@]23C)N(C(=O)OCc2ccccc2)C1. The molecule has 0 aromatic heterocycles. The third-order valence-electron chi connectivity index (χ3n) is 13.0. The number of aliphatic hydroxyl groups is 1. The number of rotatable bonds is 4. The van der Waals surface area contributed by atoms with Crippen molar-refractivity contribution in [2.75, 3.05) is 6.54 Å². The molecule has 5 fully saturated rings. The molecule has 4 saturated carbocycles. The number of aliphatic hydroxyl groups excluding tert-OH is 1. The van der Waals surface area contributed by atoms with E-state index < -0.39 is 0 Å². The minimum Gasteiger partial charge on any atom is -0.445 e. The third kappa shape index (κ3) is 4.72. The second-order valence-electron chi connectivity index (χ2n) is 15.1. The molecule has 4 aliphatic carbocycles. The van der Waals surface area contributed by atoms with Crippen LogP contribution in [0.1, 0.15) is 97.5 Å². The summed E-state index contributed by atoms with van der Waals surface area (Å²) in [6, 6.07) is 9.95. The fourth-order valence-electron chi connectivity index (χ4n) is 10.9. The van der Waals surface area contributed by atoms with Crippen LogP contribution in [0, 0.1) is 52.3 Å². The fourth-order valence-corrected chi connectivity index (χ4v) is 10.9. The van der Waals surface area contributed by atoms with Gasteiger partial charge >= 0.3 is 6.09 Å². The summed E-state index contributed by atoms with van der Waals surface area (Å²) in [5.41, 5.74) is 1.33. The quantitative estimate of drug-likeness (QED) is 0.429. The number of likely N-dealkylation sites (tertiary alicyclic amines) is 1. The molecule has 40 heavy (non-hydrogen) atoms. The normalized spacial score (nSPS) is 43.8.